The van der Waals surface area contributed by atoms with Gasteiger partial charge in [-0.3, -0.25) is 0 Å². The molecular formula is C12H8F5NO4. The van der Waals surface area contributed by atoms with E-state index in [-0.39, 0.29) is 6.61 Å². The third kappa shape index (κ3) is 4.47. The van der Waals surface area contributed by atoms with Crippen LogP contribution in [0.15, 0.2) is 12.1 Å². The van der Waals surface area contributed by atoms with Crippen LogP contribution in [0.5, 0.6) is 11.5 Å². The van der Waals surface area contributed by atoms with E-state index >= 15 is 0 Å². The summed E-state index contributed by atoms with van der Waals surface area (Å²) in [5, 5.41) is 8.87. The van der Waals surface area contributed by atoms with Crippen LogP contribution >= 0.6 is 0 Å². The highest BCUT2D eigenvalue weighted by Gasteiger charge is 2.34. The standard InChI is InChI=1S/C12H8F5NO4/c1-2-20-10(19)6-3-4-8(22-12(15,16)17)7(5-18)9(6)21-11(13)14/h3-4,11H,2H2,1H3. The van der Waals surface area contributed by atoms with Gasteiger partial charge >= 0.3 is 18.9 Å². The topological polar surface area (TPSA) is 68.5 Å². The summed E-state index contributed by atoms with van der Waals surface area (Å²) in [6.07, 6.45) is -5.15. The molecule has 0 fully saturated rings. The zero-order valence-corrected chi connectivity index (χ0v) is 10.9. The Labute approximate surface area is 120 Å². The van der Waals surface area contributed by atoms with Crippen LogP contribution in [-0.4, -0.2) is 25.6 Å². The van der Waals surface area contributed by atoms with Crippen LogP contribution < -0.4 is 9.47 Å². The summed E-state index contributed by atoms with van der Waals surface area (Å²) in [6.45, 7) is -2.16. The number of halogens is 5. The summed E-state index contributed by atoms with van der Waals surface area (Å²) in [6, 6.07) is 2.61. The number of alkyl halides is 5. The molecule has 0 N–H and O–H groups in total. The van der Waals surface area contributed by atoms with Crippen molar-refractivity contribution < 1.29 is 41.0 Å². The molecule has 1 aromatic carbocycles. The Bertz CT molecular complexity index is 594. The number of benzene rings is 1. The van der Waals surface area contributed by atoms with Gasteiger partial charge in [0.05, 0.1) is 6.61 Å². The van der Waals surface area contributed by atoms with Crippen LogP contribution in [-0.2, 0) is 4.74 Å². The number of rotatable bonds is 5. The minimum absolute atomic E-state index is 0.115. The molecule has 0 bridgehead atoms. The average Bonchev–Trinajstić information content (AvgIpc) is 2.36. The molecule has 0 heterocycles. The number of nitrogens with zero attached hydrogens (tertiary/aromatic N) is 1. The Morgan fingerprint density at radius 2 is 2.00 bits per heavy atom. The summed E-state index contributed by atoms with van der Waals surface area (Å²) < 4.78 is 73.5. The fourth-order valence-electron chi connectivity index (χ4n) is 1.46. The second-order valence-electron chi connectivity index (χ2n) is 3.57. The molecule has 5 nitrogen and oxygen atoms in total. The van der Waals surface area contributed by atoms with Crippen molar-refractivity contribution in [2.75, 3.05) is 6.61 Å². The van der Waals surface area contributed by atoms with Crippen molar-refractivity contribution in [2.24, 2.45) is 0 Å². The van der Waals surface area contributed by atoms with E-state index in [1.165, 1.54) is 13.0 Å². The fourth-order valence-corrected chi connectivity index (χ4v) is 1.46. The van der Waals surface area contributed by atoms with Crippen molar-refractivity contribution >= 4 is 5.97 Å². The molecule has 120 valence electrons. The van der Waals surface area contributed by atoms with Gasteiger partial charge in [0.25, 0.3) is 0 Å². The molecule has 22 heavy (non-hydrogen) atoms. The highest BCUT2D eigenvalue weighted by Crippen LogP contribution is 2.36. The first kappa shape index (κ1) is 17.5. The van der Waals surface area contributed by atoms with Crippen LogP contribution in [0, 0.1) is 11.3 Å². The van der Waals surface area contributed by atoms with Gasteiger partial charge in [0.1, 0.15) is 17.2 Å². The van der Waals surface area contributed by atoms with Crippen molar-refractivity contribution in [3.05, 3.63) is 23.3 Å². The van der Waals surface area contributed by atoms with Crippen molar-refractivity contribution in [3.63, 3.8) is 0 Å². The average molecular weight is 325 g/mol. The maximum Gasteiger partial charge on any atom is 0.573 e. The van der Waals surface area contributed by atoms with Crippen LogP contribution in [0.2, 0.25) is 0 Å². The predicted octanol–water partition coefficient (Wildman–Crippen LogP) is 3.23. The number of nitriles is 1. The van der Waals surface area contributed by atoms with Crippen LogP contribution in [0.4, 0.5) is 22.0 Å². The largest absolute Gasteiger partial charge is 0.573 e. The number of hydrogen-bond donors (Lipinski definition) is 0. The summed E-state index contributed by atoms with van der Waals surface area (Å²) in [5.41, 5.74) is -1.61. The molecule has 10 heteroatoms. The van der Waals surface area contributed by atoms with Crippen molar-refractivity contribution in [1.82, 2.24) is 0 Å². The zero-order chi connectivity index (χ0) is 16.9. The minimum atomic E-state index is -5.15. The molecule has 0 aromatic heterocycles. The van der Waals surface area contributed by atoms with Gasteiger partial charge in [-0.25, -0.2) is 4.79 Å². The Hall–Kier alpha value is -2.57. The lowest BCUT2D eigenvalue weighted by Crippen LogP contribution is -2.19. The Morgan fingerprint density at radius 1 is 1.36 bits per heavy atom. The summed E-state index contributed by atoms with van der Waals surface area (Å²) in [7, 11) is 0. The second kappa shape index (κ2) is 6.93. The van der Waals surface area contributed by atoms with Gasteiger partial charge in [0.2, 0.25) is 0 Å². The number of carbonyl (C=O) groups is 1. The lowest BCUT2D eigenvalue weighted by Gasteiger charge is -2.15. The molecule has 0 radical (unpaired) electrons. The molecule has 0 aliphatic heterocycles. The molecule has 0 saturated carbocycles. The molecule has 0 aliphatic carbocycles. The highest BCUT2D eigenvalue weighted by atomic mass is 19.4. The SMILES string of the molecule is CCOC(=O)c1ccc(OC(F)(F)F)c(C#N)c1OC(F)F. The van der Waals surface area contributed by atoms with Gasteiger partial charge in [-0.15, -0.1) is 13.2 Å². The quantitative estimate of drug-likeness (QED) is 0.614. The minimum Gasteiger partial charge on any atom is -0.462 e. The van der Waals surface area contributed by atoms with Crippen LogP contribution in [0.3, 0.4) is 0 Å². The highest BCUT2D eigenvalue weighted by molar-refractivity contribution is 5.94. The number of carbonyl (C=O) groups excluding carboxylic acids is 1. The van der Waals surface area contributed by atoms with E-state index in [0.29, 0.717) is 6.07 Å². The molecule has 0 spiro atoms. The summed E-state index contributed by atoms with van der Waals surface area (Å²) in [4.78, 5) is 11.6. The van der Waals surface area contributed by atoms with Gasteiger partial charge in [-0.1, -0.05) is 0 Å². The third-order valence-electron chi connectivity index (χ3n) is 2.16. The molecule has 0 amide bonds. The molecular weight excluding hydrogens is 317 g/mol. The van der Waals surface area contributed by atoms with Gasteiger partial charge in [0.15, 0.2) is 11.5 Å². The maximum absolute atomic E-state index is 12.4. The lowest BCUT2D eigenvalue weighted by molar-refractivity contribution is -0.274. The predicted molar refractivity (Wildman–Crippen MR) is 60.4 cm³/mol. The van der Waals surface area contributed by atoms with Crippen molar-refractivity contribution in [1.29, 1.82) is 5.26 Å². The van der Waals surface area contributed by atoms with Crippen molar-refractivity contribution in [2.45, 2.75) is 19.9 Å². The second-order valence-corrected chi connectivity index (χ2v) is 3.57. The Balaban J connectivity index is 3.43. The third-order valence-corrected chi connectivity index (χ3v) is 2.16. The van der Waals surface area contributed by atoms with E-state index in [0.717, 1.165) is 6.07 Å². The molecule has 1 rings (SSSR count). The normalized spacial score (nSPS) is 11.0. The van der Waals surface area contributed by atoms with Gasteiger partial charge < -0.3 is 14.2 Å². The first-order valence-electron chi connectivity index (χ1n) is 5.64. The van der Waals surface area contributed by atoms with Crippen LogP contribution in [0.25, 0.3) is 0 Å². The molecule has 0 aliphatic rings. The zero-order valence-electron chi connectivity index (χ0n) is 10.9. The maximum atomic E-state index is 12.4. The van der Waals surface area contributed by atoms with Gasteiger partial charge in [0, 0.05) is 0 Å². The first-order valence-corrected chi connectivity index (χ1v) is 5.64. The van der Waals surface area contributed by atoms with Gasteiger partial charge in [-0.05, 0) is 19.1 Å². The van der Waals surface area contributed by atoms with E-state index in [1.54, 1.807) is 0 Å². The number of esters is 1. The molecule has 1 aromatic rings. The first-order chi connectivity index (χ1) is 10.2. The summed E-state index contributed by atoms with van der Waals surface area (Å²) in [5.74, 6) is -3.25. The van der Waals surface area contributed by atoms with E-state index in [9.17, 15) is 26.7 Å². The monoisotopic (exact) mass is 325 g/mol. The summed E-state index contributed by atoms with van der Waals surface area (Å²) >= 11 is 0. The van der Waals surface area contributed by atoms with Crippen LogP contribution in [0.1, 0.15) is 22.8 Å². The smallest absolute Gasteiger partial charge is 0.462 e. The molecule has 0 saturated heterocycles. The van der Waals surface area contributed by atoms with Crippen molar-refractivity contribution in [3.8, 4) is 17.6 Å². The van der Waals surface area contributed by atoms with E-state index < -0.39 is 41.6 Å². The fraction of sp³-hybridized carbons (Fsp3) is 0.333. The lowest BCUT2D eigenvalue weighted by atomic mass is 10.1. The number of ether oxygens (including phenoxy) is 3. The van der Waals surface area contributed by atoms with E-state index in [4.69, 9.17) is 5.26 Å². The van der Waals surface area contributed by atoms with E-state index in [2.05, 4.69) is 14.2 Å². The molecule has 0 unspecified atom stereocenters. The number of hydrogen-bond acceptors (Lipinski definition) is 5. The molecule has 0 atom stereocenters. The van der Waals surface area contributed by atoms with Gasteiger partial charge in [-0.2, -0.15) is 14.0 Å². The Morgan fingerprint density at radius 3 is 2.45 bits per heavy atom. The Kier molecular flexibility index (Phi) is 5.50. The van der Waals surface area contributed by atoms with E-state index in [1.807, 2.05) is 0 Å².